The maximum absolute atomic E-state index is 12.0. The molecule has 1 amide bonds. The lowest BCUT2D eigenvalue weighted by Gasteiger charge is -2.29. The molecule has 1 aliphatic rings. The minimum Gasteiger partial charge on any atom is -0.393 e. The lowest BCUT2D eigenvalue weighted by molar-refractivity contribution is 0.0551. The van der Waals surface area contributed by atoms with E-state index in [0.717, 1.165) is 0 Å². The highest BCUT2D eigenvalue weighted by Crippen LogP contribution is 2.24. The third-order valence-electron chi connectivity index (χ3n) is 2.56. The number of aliphatic hydroxyl groups excluding tert-OH is 1. The maximum Gasteiger partial charge on any atom is 0.265 e. The number of piperidine rings is 1. The van der Waals surface area contributed by atoms with Crippen LogP contribution in [0.15, 0.2) is 11.4 Å². The van der Waals surface area contributed by atoms with Gasteiger partial charge in [-0.3, -0.25) is 4.79 Å². The van der Waals surface area contributed by atoms with E-state index in [1.54, 1.807) is 11.0 Å². The Morgan fingerprint density at radius 2 is 2.20 bits per heavy atom. The molecule has 1 aromatic rings. The van der Waals surface area contributed by atoms with E-state index < -0.39 is 0 Å². The maximum atomic E-state index is 12.0. The molecule has 82 valence electrons. The predicted molar refractivity (Wildman–Crippen MR) is 60.5 cm³/mol. The zero-order valence-corrected chi connectivity index (χ0v) is 9.72. The van der Waals surface area contributed by atoms with Crippen molar-refractivity contribution in [3.63, 3.8) is 0 Å². The van der Waals surface area contributed by atoms with Gasteiger partial charge in [0.2, 0.25) is 0 Å². The first-order chi connectivity index (χ1) is 7.18. The molecule has 0 bridgehead atoms. The molecule has 0 radical (unpaired) electrons. The number of nitrogens with zero attached hydrogens (tertiary/aromatic N) is 1. The Morgan fingerprint density at radius 1 is 1.53 bits per heavy atom. The molecule has 1 fully saturated rings. The van der Waals surface area contributed by atoms with E-state index in [9.17, 15) is 9.90 Å². The molecule has 1 aliphatic heterocycles. The van der Waals surface area contributed by atoms with Gasteiger partial charge in [-0.05, 0) is 24.3 Å². The Hall–Kier alpha value is -0.580. The van der Waals surface area contributed by atoms with Crippen molar-refractivity contribution in [1.29, 1.82) is 0 Å². The molecule has 1 saturated heterocycles. The molecular formula is C10H12ClNO2S. The first-order valence-electron chi connectivity index (χ1n) is 4.89. The number of aliphatic hydroxyl groups is 1. The highest BCUT2D eigenvalue weighted by atomic mass is 35.5. The van der Waals surface area contributed by atoms with Crippen LogP contribution in [-0.2, 0) is 0 Å². The molecular weight excluding hydrogens is 234 g/mol. The second kappa shape index (κ2) is 4.51. The molecule has 3 nitrogen and oxygen atoms in total. The summed E-state index contributed by atoms with van der Waals surface area (Å²) in [5.41, 5.74) is 0. The summed E-state index contributed by atoms with van der Waals surface area (Å²) in [4.78, 5) is 14.3. The molecule has 0 spiro atoms. The molecule has 0 aromatic carbocycles. The number of hydrogen-bond acceptors (Lipinski definition) is 3. The summed E-state index contributed by atoms with van der Waals surface area (Å²) in [6, 6.07) is 1.73. The molecule has 0 atom stereocenters. The summed E-state index contributed by atoms with van der Waals surface area (Å²) in [6.07, 6.45) is 1.07. The predicted octanol–water partition coefficient (Wildman–Crippen LogP) is 2.00. The van der Waals surface area contributed by atoms with E-state index in [1.807, 2.05) is 5.38 Å². The van der Waals surface area contributed by atoms with Gasteiger partial charge in [0, 0.05) is 13.1 Å². The third-order valence-corrected chi connectivity index (χ3v) is 3.89. The van der Waals surface area contributed by atoms with Gasteiger partial charge in [0.05, 0.1) is 11.1 Å². The van der Waals surface area contributed by atoms with Gasteiger partial charge in [-0.15, -0.1) is 11.3 Å². The van der Waals surface area contributed by atoms with Crippen molar-refractivity contribution in [1.82, 2.24) is 4.90 Å². The van der Waals surface area contributed by atoms with E-state index in [1.165, 1.54) is 11.3 Å². The summed E-state index contributed by atoms with van der Waals surface area (Å²) in [7, 11) is 0. The van der Waals surface area contributed by atoms with Crippen LogP contribution in [0.1, 0.15) is 22.5 Å². The van der Waals surface area contributed by atoms with Crippen LogP contribution in [0, 0.1) is 0 Å². The largest absolute Gasteiger partial charge is 0.393 e. The van der Waals surface area contributed by atoms with Crippen molar-refractivity contribution < 1.29 is 9.90 Å². The first-order valence-corrected chi connectivity index (χ1v) is 6.14. The Morgan fingerprint density at radius 3 is 2.73 bits per heavy atom. The lowest BCUT2D eigenvalue weighted by Crippen LogP contribution is -2.39. The monoisotopic (exact) mass is 245 g/mol. The SMILES string of the molecule is O=C(c1sccc1Cl)N1CCC(O)CC1. The Balaban J connectivity index is 2.06. The second-order valence-corrected chi connectivity index (χ2v) is 4.94. The quantitative estimate of drug-likeness (QED) is 0.822. The second-order valence-electron chi connectivity index (χ2n) is 3.62. The zero-order valence-electron chi connectivity index (χ0n) is 8.15. The normalized spacial score (nSPS) is 18.1. The molecule has 15 heavy (non-hydrogen) atoms. The fourth-order valence-electron chi connectivity index (χ4n) is 1.66. The fourth-order valence-corrected chi connectivity index (χ4v) is 2.76. The fraction of sp³-hybridized carbons (Fsp3) is 0.500. The van der Waals surface area contributed by atoms with Crippen molar-refractivity contribution in [2.45, 2.75) is 18.9 Å². The van der Waals surface area contributed by atoms with Crippen LogP contribution in [0.3, 0.4) is 0 Å². The number of hydrogen-bond donors (Lipinski definition) is 1. The molecule has 2 heterocycles. The van der Waals surface area contributed by atoms with Gasteiger partial charge < -0.3 is 10.0 Å². The topological polar surface area (TPSA) is 40.5 Å². The molecule has 5 heteroatoms. The van der Waals surface area contributed by atoms with E-state index in [4.69, 9.17) is 11.6 Å². The Labute approximate surface area is 97.3 Å². The molecule has 0 unspecified atom stereocenters. The van der Waals surface area contributed by atoms with E-state index in [0.29, 0.717) is 35.8 Å². The summed E-state index contributed by atoms with van der Waals surface area (Å²) in [5, 5.41) is 11.7. The van der Waals surface area contributed by atoms with Crippen LogP contribution in [0.2, 0.25) is 5.02 Å². The lowest BCUT2D eigenvalue weighted by atomic mass is 10.1. The van der Waals surface area contributed by atoms with Gasteiger partial charge in [-0.1, -0.05) is 11.6 Å². The van der Waals surface area contributed by atoms with Crippen molar-refractivity contribution >= 4 is 28.8 Å². The standard InChI is InChI=1S/C10H12ClNO2S/c11-8-3-6-15-9(8)10(14)12-4-1-7(13)2-5-12/h3,6-7,13H,1-2,4-5H2. The van der Waals surface area contributed by atoms with Crippen molar-refractivity contribution in [2.24, 2.45) is 0 Å². The summed E-state index contributed by atoms with van der Waals surface area (Å²) in [6.45, 7) is 1.24. The van der Waals surface area contributed by atoms with Gasteiger partial charge in [-0.25, -0.2) is 0 Å². The highest BCUT2D eigenvalue weighted by molar-refractivity contribution is 7.12. The van der Waals surface area contributed by atoms with Crippen molar-refractivity contribution in [3.05, 3.63) is 21.3 Å². The summed E-state index contributed by atoms with van der Waals surface area (Å²) in [5.74, 6) is -0.0121. The third kappa shape index (κ3) is 2.33. The minimum absolute atomic E-state index is 0.0121. The molecule has 0 aliphatic carbocycles. The summed E-state index contributed by atoms with van der Waals surface area (Å²) < 4.78 is 0. The van der Waals surface area contributed by atoms with Gasteiger partial charge in [0.25, 0.3) is 5.91 Å². The number of halogens is 1. The van der Waals surface area contributed by atoms with Crippen LogP contribution in [0.25, 0.3) is 0 Å². The molecule has 2 rings (SSSR count). The van der Waals surface area contributed by atoms with Gasteiger partial charge in [-0.2, -0.15) is 0 Å². The minimum atomic E-state index is -0.257. The van der Waals surface area contributed by atoms with E-state index >= 15 is 0 Å². The van der Waals surface area contributed by atoms with Crippen LogP contribution in [0.5, 0.6) is 0 Å². The number of carbonyl (C=O) groups is 1. The highest BCUT2D eigenvalue weighted by Gasteiger charge is 2.24. The molecule has 1 N–H and O–H groups in total. The van der Waals surface area contributed by atoms with Crippen LogP contribution >= 0.6 is 22.9 Å². The average Bonchev–Trinajstić information content (AvgIpc) is 2.65. The van der Waals surface area contributed by atoms with Gasteiger partial charge >= 0.3 is 0 Å². The van der Waals surface area contributed by atoms with Crippen LogP contribution in [-0.4, -0.2) is 35.1 Å². The zero-order chi connectivity index (χ0) is 10.8. The Bertz CT molecular complexity index is 358. The first kappa shape index (κ1) is 10.9. The van der Waals surface area contributed by atoms with Crippen LogP contribution in [0.4, 0.5) is 0 Å². The van der Waals surface area contributed by atoms with Crippen LogP contribution < -0.4 is 0 Å². The number of carbonyl (C=O) groups excluding carboxylic acids is 1. The van der Waals surface area contributed by atoms with E-state index in [2.05, 4.69) is 0 Å². The van der Waals surface area contributed by atoms with Gasteiger partial charge in [0.1, 0.15) is 4.88 Å². The summed E-state index contributed by atoms with van der Waals surface area (Å²) >= 11 is 7.26. The Kier molecular flexibility index (Phi) is 3.29. The van der Waals surface area contributed by atoms with Crippen molar-refractivity contribution in [2.75, 3.05) is 13.1 Å². The average molecular weight is 246 g/mol. The van der Waals surface area contributed by atoms with Crippen molar-refractivity contribution in [3.8, 4) is 0 Å². The number of thiophene rings is 1. The number of amides is 1. The number of rotatable bonds is 1. The molecule has 1 aromatic heterocycles. The van der Waals surface area contributed by atoms with E-state index in [-0.39, 0.29) is 12.0 Å². The molecule has 0 saturated carbocycles. The number of likely N-dealkylation sites (tertiary alicyclic amines) is 1. The smallest absolute Gasteiger partial charge is 0.265 e. The van der Waals surface area contributed by atoms with Gasteiger partial charge in [0.15, 0.2) is 0 Å².